The van der Waals surface area contributed by atoms with Crippen molar-refractivity contribution in [2.24, 2.45) is 0 Å². The Hall–Kier alpha value is 2.17. The minimum atomic E-state index is -5.17. The second kappa shape index (κ2) is 12.8. The largest absolute Gasteiger partial charge is 3.00 e. The summed E-state index contributed by atoms with van der Waals surface area (Å²) in [5.74, 6) is 0. The van der Waals surface area contributed by atoms with E-state index in [0.717, 1.165) is 0 Å². The van der Waals surface area contributed by atoms with E-state index in [1.54, 1.807) is 0 Å². The van der Waals surface area contributed by atoms with Gasteiger partial charge in [0.2, 0.25) is 0 Å². The van der Waals surface area contributed by atoms with Crippen molar-refractivity contribution < 1.29 is 50.8 Å². The smallest absolute Gasteiger partial charge is 0.759 e. The molecule has 47 valence electrons. The molecule has 0 unspecified atom stereocenters. The molecule has 0 aromatic carbocycles. The standard InChI is InChI=1S/Al.Co.Mg.Ni.H2O4S/c;;;;1-5(2,3)4/h;;;;(H2,1,2,3,4)/q+3;3*+2;/p-2. The van der Waals surface area contributed by atoms with Crippen molar-refractivity contribution in [3.05, 3.63) is 0 Å². The topological polar surface area (TPSA) is 80.3 Å². The maximum Gasteiger partial charge on any atom is 3.00 e. The van der Waals surface area contributed by atoms with Gasteiger partial charge in [-0.15, -0.1) is 0 Å². The summed E-state index contributed by atoms with van der Waals surface area (Å²) in [6.45, 7) is 0. The first-order chi connectivity index (χ1) is 2.00. The Balaban J connectivity index is -0.0000000133. The summed E-state index contributed by atoms with van der Waals surface area (Å²) in [5, 5.41) is 0. The SMILES string of the molecule is O=S(=O)([O-])[O-].[Al+3].[Co+2].[Mg+2].[Ni+2]. The zero-order valence-electron chi connectivity index (χ0n) is 3.98. The molecule has 1 radical (unpaired) electrons. The Bertz CT molecular complexity index is 104. The van der Waals surface area contributed by atoms with E-state index in [1.165, 1.54) is 0 Å². The van der Waals surface area contributed by atoms with Crippen molar-refractivity contribution in [1.29, 1.82) is 0 Å². The first kappa shape index (κ1) is 30.3. The van der Waals surface area contributed by atoms with E-state index in [9.17, 15) is 0 Å². The Morgan fingerprint density at radius 1 is 1.11 bits per heavy atom. The van der Waals surface area contributed by atoms with E-state index >= 15 is 0 Å². The van der Waals surface area contributed by atoms with Gasteiger partial charge in [-0.05, 0) is 0 Å². The van der Waals surface area contributed by atoms with Gasteiger partial charge in [-0.2, -0.15) is 0 Å². The van der Waals surface area contributed by atoms with E-state index in [4.69, 9.17) is 17.5 Å². The molecule has 0 aliphatic rings. The summed E-state index contributed by atoms with van der Waals surface area (Å²) in [6, 6.07) is 0. The van der Waals surface area contributed by atoms with E-state index in [1.807, 2.05) is 0 Å². The van der Waals surface area contributed by atoms with E-state index in [0.29, 0.717) is 0 Å². The molecule has 0 aliphatic carbocycles. The second-order valence-corrected chi connectivity index (χ2v) is 1.22. The zero-order valence-corrected chi connectivity index (χ0v) is 9.39. The molecule has 0 saturated carbocycles. The van der Waals surface area contributed by atoms with Crippen molar-refractivity contribution in [2.75, 3.05) is 0 Å². The maximum absolute atomic E-state index is 8.52. The Morgan fingerprint density at radius 3 is 1.11 bits per heavy atom. The third kappa shape index (κ3) is 144. The monoisotopic (exact) mass is 264 g/mol. The molecule has 9 heteroatoms. The van der Waals surface area contributed by atoms with E-state index < -0.39 is 10.4 Å². The van der Waals surface area contributed by atoms with Gasteiger partial charge in [-0.25, -0.2) is 0 Å². The van der Waals surface area contributed by atoms with Gasteiger partial charge in [0.15, 0.2) is 0 Å². The molecule has 0 fully saturated rings. The molecule has 0 heterocycles. The molecular formula is AlCoMgNiO4S+7. The van der Waals surface area contributed by atoms with Crippen LogP contribution in [0, 0.1) is 0 Å². The van der Waals surface area contributed by atoms with Crippen LogP contribution in [-0.2, 0) is 43.7 Å². The van der Waals surface area contributed by atoms with Gasteiger partial charge in [0.25, 0.3) is 0 Å². The van der Waals surface area contributed by atoms with Gasteiger partial charge in [0.05, 0.1) is 0 Å². The Labute approximate surface area is 101 Å². The molecule has 0 amide bonds. The van der Waals surface area contributed by atoms with Gasteiger partial charge in [-0.1, -0.05) is 0 Å². The molecule has 0 spiro atoms. The fourth-order valence-electron chi connectivity index (χ4n) is 0. The molecular weight excluding hydrogens is 265 g/mol. The van der Waals surface area contributed by atoms with Crippen molar-refractivity contribution in [2.45, 2.75) is 0 Å². The zero-order chi connectivity index (χ0) is 4.50. The fourth-order valence-corrected chi connectivity index (χ4v) is 0. The van der Waals surface area contributed by atoms with E-state index in [2.05, 4.69) is 0 Å². The molecule has 0 bridgehead atoms. The van der Waals surface area contributed by atoms with Crippen molar-refractivity contribution >= 4 is 50.8 Å². The summed E-state index contributed by atoms with van der Waals surface area (Å²) < 4.78 is 34.1. The summed E-state index contributed by atoms with van der Waals surface area (Å²) in [5.41, 5.74) is 0. The molecule has 0 N–H and O–H groups in total. The molecule has 0 aromatic rings. The first-order valence-corrected chi connectivity index (χ1v) is 2.00. The maximum atomic E-state index is 8.52. The minimum absolute atomic E-state index is 0. The summed E-state index contributed by atoms with van der Waals surface area (Å²) in [6.07, 6.45) is 0. The van der Waals surface area contributed by atoms with Crippen LogP contribution in [0.5, 0.6) is 0 Å². The van der Waals surface area contributed by atoms with Gasteiger partial charge in [-0.3, -0.25) is 8.42 Å². The van der Waals surface area contributed by atoms with Crippen molar-refractivity contribution in [3.63, 3.8) is 0 Å². The average molecular weight is 265 g/mol. The quantitative estimate of drug-likeness (QED) is 0.285. The fraction of sp³-hybridized carbons (Fsp3) is 0. The van der Waals surface area contributed by atoms with Crippen LogP contribution in [0.15, 0.2) is 0 Å². The van der Waals surface area contributed by atoms with Gasteiger partial charge >= 0.3 is 73.7 Å². The minimum Gasteiger partial charge on any atom is -0.759 e. The van der Waals surface area contributed by atoms with Crippen LogP contribution < -0.4 is 0 Å². The van der Waals surface area contributed by atoms with Crippen molar-refractivity contribution in [3.8, 4) is 0 Å². The Morgan fingerprint density at radius 2 is 1.11 bits per heavy atom. The third-order valence-electron chi connectivity index (χ3n) is 0. The van der Waals surface area contributed by atoms with Gasteiger partial charge in [0, 0.05) is 10.4 Å². The molecule has 0 rings (SSSR count). The van der Waals surface area contributed by atoms with Crippen LogP contribution in [0.3, 0.4) is 0 Å². The van der Waals surface area contributed by atoms with Gasteiger partial charge in [0.1, 0.15) is 0 Å². The van der Waals surface area contributed by atoms with Crippen molar-refractivity contribution in [1.82, 2.24) is 0 Å². The first-order valence-electron chi connectivity index (χ1n) is 0.667. The second-order valence-electron chi connectivity index (χ2n) is 0.408. The summed E-state index contributed by atoms with van der Waals surface area (Å²) in [4.78, 5) is 0. The van der Waals surface area contributed by atoms with Crippen LogP contribution >= 0.6 is 0 Å². The molecule has 9 heavy (non-hydrogen) atoms. The van der Waals surface area contributed by atoms with E-state index in [-0.39, 0.29) is 73.7 Å². The summed E-state index contributed by atoms with van der Waals surface area (Å²) in [7, 11) is -5.17. The van der Waals surface area contributed by atoms with Crippen LogP contribution in [-0.4, -0.2) is 57.9 Å². The Kier molecular flexibility index (Phi) is 43.2. The van der Waals surface area contributed by atoms with Gasteiger partial charge < -0.3 is 9.11 Å². The van der Waals surface area contributed by atoms with Crippen LogP contribution in [0.1, 0.15) is 0 Å². The normalized spacial score (nSPS) is 6.44. The third-order valence-corrected chi connectivity index (χ3v) is 0. The average Bonchev–Trinajstić information content (AvgIpc) is 0.722. The number of hydrogen-bond donors (Lipinski definition) is 0. The molecule has 0 saturated heterocycles. The van der Waals surface area contributed by atoms with Crippen LogP contribution in [0.25, 0.3) is 0 Å². The van der Waals surface area contributed by atoms with Crippen LogP contribution in [0.2, 0.25) is 0 Å². The number of rotatable bonds is 0. The molecule has 0 aliphatic heterocycles. The molecule has 4 nitrogen and oxygen atoms in total. The molecule has 0 aromatic heterocycles. The molecule has 0 atom stereocenters. The van der Waals surface area contributed by atoms with Crippen LogP contribution in [0.4, 0.5) is 0 Å². The predicted molar refractivity (Wildman–Crippen MR) is 22.0 cm³/mol. The predicted octanol–water partition coefficient (Wildman–Crippen LogP) is -2.10. The summed E-state index contributed by atoms with van der Waals surface area (Å²) >= 11 is 0. The number of hydrogen-bond acceptors (Lipinski definition) is 4.